The van der Waals surface area contributed by atoms with E-state index in [0.717, 1.165) is 55.8 Å². The van der Waals surface area contributed by atoms with Crippen molar-refractivity contribution in [2.75, 3.05) is 42.5 Å². The smallest absolute Gasteiger partial charge is 0.223 e. The molecule has 0 bridgehead atoms. The summed E-state index contributed by atoms with van der Waals surface area (Å²) in [5.74, 6) is -1.00. The largest absolute Gasteiger partial charge is 0.369 e. The zero-order valence-electron chi connectivity index (χ0n) is 15.1. The van der Waals surface area contributed by atoms with Crippen molar-refractivity contribution in [2.24, 2.45) is 0 Å². The lowest BCUT2D eigenvalue weighted by Gasteiger charge is -2.35. The summed E-state index contributed by atoms with van der Waals surface area (Å²) in [6, 6.07) is 9.91. The molecule has 0 unspecified atom stereocenters. The Balaban J connectivity index is 1.38. The molecule has 1 fully saturated rings. The minimum absolute atomic E-state index is 0.0825. The fourth-order valence-electron chi connectivity index (χ4n) is 3.67. The maximum Gasteiger partial charge on any atom is 0.223 e. The monoisotopic (exact) mass is 389 g/mol. The number of piperazine rings is 1. The molecule has 0 spiro atoms. The van der Waals surface area contributed by atoms with E-state index < -0.39 is 11.6 Å². The molecule has 0 atom stereocenters. The minimum Gasteiger partial charge on any atom is -0.369 e. The molecular formula is C20H21F2N3OS. The summed E-state index contributed by atoms with van der Waals surface area (Å²) in [7, 11) is 0. The second-order valence-electron chi connectivity index (χ2n) is 6.85. The van der Waals surface area contributed by atoms with Crippen LogP contribution in [0.3, 0.4) is 0 Å². The normalized spacial score (nSPS) is 17.3. The SMILES string of the molecule is CC(=O)N1CCc2cc(SN3CCN(c4cc(F)cc(F)c4)CC3)ccc21. The average Bonchev–Trinajstić information content (AvgIpc) is 3.05. The van der Waals surface area contributed by atoms with E-state index in [1.807, 2.05) is 15.9 Å². The molecule has 1 saturated heterocycles. The molecule has 2 aliphatic rings. The molecule has 0 aromatic heterocycles. The van der Waals surface area contributed by atoms with E-state index in [-0.39, 0.29) is 5.91 Å². The van der Waals surface area contributed by atoms with Gasteiger partial charge in [0.25, 0.3) is 0 Å². The Hall–Kier alpha value is -2.12. The van der Waals surface area contributed by atoms with E-state index in [2.05, 4.69) is 16.4 Å². The van der Waals surface area contributed by atoms with Gasteiger partial charge in [0.05, 0.1) is 0 Å². The van der Waals surface area contributed by atoms with Crippen LogP contribution in [0.1, 0.15) is 12.5 Å². The Labute approximate surface area is 161 Å². The van der Waals surface area contributed by atoms with Gasteiger partial charge in [0.15, 0.2) is 0 Å². The predicted molar refractivity (Wildman–Crippen MR) is 104 cm³/mol. The third kappa shape index (κ3) is 3.94. The van der Waals surface area contributed by atoms with Crippen molar-refractivity contribution < 1.29 is 13.6 Å². The fourth-order valence-corrected chi connectivity index (χ4v) is 4.64. The highest BCUT2D eigenvalue weighted by Crippen LogP contribution is 2.33. The first-order chi connectivity index (χ1) is 13.0. The second kappa shape index (κ2) is 7.48. The zero-order valence-corrected chi connectivity index (χ0v) is 15.9. The van der Waals surface area contributed by atoms with Crippen LogP contribution in [0.5, 0.6) is 0 Å². The van der Waals surface area contributed by atoms with E-state index in [9.17, 15) is 13.6 Å². The Kier molecular flexibility index (Phi) is 5.06. The summed E-state index contributed by atoms with van der Waals surface area (Å²) < 4.78 is 29.1. The van der Waals surface area contributed by atoms with Crippen molar-refractivity contribution in [2.45, 2.75) is 18.2 Å². The maximum atomic E-state index is 13.4. The Morgan fingerprint density at radius 3 is 2.33 bits per heavy atom. The Bertz CT molecular complexity index is 848. The second-order valence-corrected chi connectivity index (χ2v) is 8.02. The van der Waals surface area contributed by atoms with E-state index in [4.69, 9.17) is 0 Å². The van der Waals surface area contributed by atoms with Crippen LogP contribution in [-0.2, 0) is 11.2 Å². The van der Waals surface area contributed by atoms with Crippen molar-refractivity contribution in [3.8, 4) is 0 Å². The van der Waals surface area contributed by atoms with Gasteiger partial charge < -0.3 is 9.80 Å². The topological polar surface area (TPSA) is 26.8 Å². The number of hydrogen-bond acceptors (Lipinski definition) is 4. The number of carbonyl (C=O) groups excluding carboxylic acids is 1. The number of halogens is 2. The molecule has 0 aliphatic carbocycles. The van der Waals surface area contributed by atoms with E-state index in [1.165, 1.54) is 17.7 Å². The van der Waals surface area contributed by atoms with Crippen molar-refractivity contribution in [3.05, 3.63) is 53.6 Å². The fraction of sp³-hybridized carbons (Fsp3) is 0.350. The average molecular weight is 389 g/mol. The van der Waals surface area contributed by atoms with Gasteiger partial charge in [0.2, 0.25) is 5.91 Å². The van der Waals surface area contributed by atoms with Crippen LogP contribution in [0.2, 0.25) is 0 Å². The quantitative estimate of drug-likeness (QED) is 0.748. The van der Waals surface area contributed by atoms with Gasteiger partial charge in [-0.25, -0.2) is 13.1 Å². The summed E-state index contributed by atoms with van der Waals surface area (Å²) in [6.07, 6.45) is 0.891. The van der Waals surface area contributed by atoms with Crippen LogP contribution in [0.25, 0.3) is 0 Å². The van der Waals surface area contributed by atoms with Gasteiger partial charge in [-0.3, -0.25) is 4.79 Å². The van der Waals surface area contributed by atoms with E-state index in [1.54, 1.807) is 18.9 Å². The minimum atomic E-state index is -0.542. The number of hydrogen-bond donors (Lipinski definition) is 0. The number of benzene rings is 2. The van der Waals surface area contributed by atoms with Crippen molar-refractivity contribution >= 4 is 29.2 Å². The van der Waals surface area contributed by atoms with Crippen LogP contribution in [0, 0.1) is 11.6 Å². The van der Waals surface area contributed by atoms with Gasteiger partial charge >= 0.3 is 0 Å². The van der Waals surface area contributed by atoms with Gasteiger partial charge in [-0.15, -0.1) is 0 Å². The third-order valence-corrected chi connectivity index (χ3v) is 6.10. The molecule has 142 valence electrons. The van der Waals surface area contributed by atoms with Crippen molar-refractivity contribution in [1.29, 1.82) is 0 Å². The van der Waals surface area contributed by atoms with Crippen LogP contribution in [0.4, 0.5) is 20.2 Å². The zero-order chi connectivity index (χ0) is 19.0. The highest BCUT2D eigenvalue weighted by atomic mass is 32.2. The lowest BCUT2D eigenvalue weighted by molar-refractivity contribution is -0.116. The molecule has 0 N–H and O–H groups in total. The summed E-state index contributed by atoms with van der Waals surface area (Å²) in [5, 5.41) is 0. The van der Waals surface area contributed by atoms with Gasteiger partial charge in [-0.05, 0) is 54.3 Å². The van der Waals surface area contributed by atoms with Gasteiger partial charge in [-0.1, -0.05) is 0 Å². The number of rotatable bonds is 3. The summed E-state index contributed by atoms with van der Waals surface area (Å²) >= 11 is 1.70. The molecule has 2 aromatic rings. The van der Waals surface area contributed by atoms with Crippen LogP contribution in [0.15, 0.2) is 41.3 Å². The van der Waals surface area contributed by atoms with Gasteiger partial charge in [0.1, 0.15) is 11.6 Å². The summed E-state index contributed by atoms with van der Waals surface area (Å²) in [5.41, 5.74) is 2.83. The molecule has 0 saturated carbocycles. The van der Waals surface area contributed by atoms with Gasteiger partial charge in [-0.2, -0.15) is 0 Å². The first kappa shape index (κ1) is 18.3. The number of carbonyl (C=O) groups is 1. The molecule has 4 nitrogen and oxygen atoms in total. The summed E-state index contributed by atoms with van der Waals surface area (Å²) in [6.45, 7) is 5.40. The molecular weight excluding hydrogens is 368 g/mol. The molecule has 1 amide bonds. The molecule has 2 heterocycles. The maximum absolute atomic E-state index is 13.4. The number of nitrogens with zero attached hydrogens (tertiary/aromatic N) is 3. The number of fused-ring (bicyclic) bond motifs is 1. The Morgan fingerprint density at radius 2 is 1.67 bits per heavy atom. The predicted octanol–water partition coefficient (Wildman–Crippen LogP) is 3.70. The Morgan fingerprint density at radius 1 is 0.963 bits per heavy atom. The highest BCUT2D eigenvalue weighted by Gasteiger charge is 2.23. The molecule has 0 radical (unpaired) electrons. The molecule has 27 heavy (non-hydrogen) atoms. The molecule has 7 heteroatoms. The lowest BCUT2D eigenvalue weighted by atomic mass is 10.2. The third-order valence-electron chi connectivity index (χ3n) is 5.01. The van der Waals surface area contributed by atoms with E-state index in [0.29, 0.717) is 5.69 Å². The number of anilines is 2. The van der Waals surface area contributed by atoms with Crippen LogP contribution in [-0.4, -0.2) is 42.9 Å². The van der Waals surface area contributed by atoms with Crippen molar-refractivity contribution in [3.63, 3.8) is 0 Å². The lowest BCUT2D eigenvalue weighted by Crippen LogP contribution is -2.43. The first-order valence-electron chi connectivity index (χ1n) is 9.04. The summed E-state index contributed by atoms with van der Waals surface area (Å²) in [4.78, 5) is 16.6. The van der Waals surface area contributed by atoms with Crippen LogP contribution >= 0.6 is 11.9 Å². The highest BCUT2D eigenvalue weighted by molar-refractivity contribution is 7.97. The van der Waals surface area contributed by atoms with Crippen molar-refractivity contribution in [1.82, 2.24) is 4.31 Å². The van der Waals surface area contributed by atoms with Gasteiger partial charge in [0, 0.05) is 62.0 Å². The standard InChI is InChI=1S/C20H21F2N3OS/c1-14(26)25-5-4-15-10-19(2-3-20(15)25)27-24-8-6-23(7-9-24)18-12-16(21)11-17(22)13-18/h2-3,10-13H,4-9H2,1H3. The van der Waals surface area contributed by atoms with Crippen LogP contribution < -0.4 is 9.80 Å². The first-order valence-corrected chi connectivity index (χ1v) is 9.82. The molecule has 4 rings (SSSR count). The number of amides is 1. The molecule has 2 aliphatic heterocycles. The van der Waals surface area contributed by atoms with E-state index >= 15 is 0 Å². The molecule has 2 aromatic carbocycles.